The van der Waals surface area contributed by atoms with Gasteiger partial charge < -0.3 is 5.11 Å². The number of hydrogen-bond donors (Lipinski definition) is 1. The predicted octanol–water partition coefficient (Wildman–Crippen LogP) is 4.16. The Morgan fingerprint density at radius 3 is 2.38 bits per heavy atom. The molecule has 0 radical (unpaired) electrons. The Hall–Kier alpha value is -0.680. The fourth-order valence-electron chi connectivity index (χ4n) is 1.43. The Bertz CT molecular complexity index is 390. The van der Waals surface area contributed by atoms with Crippen LogP contribution in [0.5, 0.6) is 0 Å². The molecule has 1 rings (SSSR count). The summed E-state index contributed by atoms with van der Waals surface area (Å²) in [6, 6.07) is 0. The lowest BCUT2D eigenvalue weighted by molar-refractivity contribution is -0.139. The molecular weight excluding hydrogens is 258 g/mol. The fourth-order valence-corrected chi connectivity index (χ4v) is 3.10. The molecule has 0 amide bonds. The van der Waals surface area contributed by atoms with E-state index in [1.165, 1.54) is 5.38 Å². The molecule has 1 heterocycles. The van der Waals surface area contributed by atoms with Gasteiger partial charge in [0.1, 0.15) is 0 Å². The van der Waals surface area contributed by atoms with Crippen molar-refractivity contribution in [2.24, 2.45) is 5.92 Å². The first kappa shape index (κ1) is 13.4. The van der Waals surface area contributed by atoms with Gasteiger partial charge in [-0.1, -0.05) is 25.4 Å². The molecule has 1 N–H and O–H groups in total. The van der Waals surface area contributed by atoms with E-state index in [2.05, 4.69) is 0 Å². The van der Waals surface area contributed by atoms with Gasteiger partial charge >= 0.3 is 5.97 Å². The highest BCUT2D eigenvalue weighted by atomic mass is 35.5. The largest absolute Gasteiger partial charge is 0.481 e. The molecule has 1 atom stereocenters. The Labute approximate surface area is 101 Å². The molecule has 16 heavy (non-hydrogen) atoms. The summed E-state index contributed by atoms with van der Waals surface area (Å²) in [5, 5.41) is 10.1. The van der Waals surface area contributed by atoms with E-state index in [0.717, 1.165) is 11.3 Å². The number of carboxylic acids is 1. The number of alkyl halides is 2. The van der Waals surface area contributed by atoms with Crippen LogP contribution in [-0.4, -0.2) is 11.1 Å². The Balaban J connectivity index is 3.16. The van der Waals surface area contributed by atoms with Crippen LogP contribution in [0.15, 0.2) is 5.38 Å². The predicted molar refractivity (Wildman–Crippen MR) is 59.5 cm³/mol. The standard InChI is InChI=1S/C10H11ClF2O2S/c1-4(2)6(10(14)15)8-7(11)5(3-16-8)9(12)13/h3-4,6,9H,1-2H3,(H,14,15). The van der Waals surface area contributed by atoms with Crippen molar-refractivity contribution in [1.29, 1.82) is 0 Å². The molecule has 1 unspecified atom stereocenters. The van der Waals surface area contributed by atoms with Gasteiger partial charge in [0.25, 0.3) is 6.43 Å². The summed E-state index contributed by atoms with van der Waals surface area (Å²) in [6.07, 6.45) is -2.67. The SMILES string of the molecule is CC(C)C(C(=O)O)c1scc(C(F)F)c1Cl. The topological polar surface area (TPSA) is 37.3 Å². The molecule has 0 aliphatic rings. The first-order chi connectivity index (χ1) is 7.36. The lowest BCUT2D eigenvalue weighted by atomic mass is 9.94. The highest BCUT2D eigenvalue weighted by Crippen LogP contribution is 2.41. The molecule has 0 bridgehead atoms. The first-order valence-electron chi connectivity index (χ1n) is 4.64. The maximum absolute atomic E-state index is 12.5. The summed E-state index contributed by atoms with van der Waals surface area (Å²) in [6.45, 7) is 3.44. The Kier molecular flexibility index (Phi) is 4.27. The van der Waals surface area contributed by atoms with E-state index >= 15 is 0 Å². The zero-order valence-corrected chi connectivity index (χ0v) is 10.3. The minimum atomic E-state index is -2.67. The van der Waals surface area contributed by atoms with E-state index in [9.17, 15) is 13.6 Å². The third-order valence-electron chi connectivity index (χ3n) is 2.23. The quantitative estimate of drug-likeness (QED) is 0.890. The molecule has 0 aliphatic heterocycles. The third kappa shape index (κ3) is 2.52. The van der Waals surface area contributed by atoms with Gasteiger partial charge in [0, 0.05) is 15.8 Å². The Morgan fingerprint density at radius 1 is 1.50 bits per heavy atom. The molecule has 90 valence electrons. The van der Waals surface area contributed by atoms with Gasteiger partial charge in [-0.3, -0.25) is 4.79 Å². The van der Waals surface area contributed by atoms with Gasteiger partial charge in [0.05, 0.1) is 10.9 Å². The van der Waals surface area contributed by atoms with Crippen LogP contribution in [0.3, 0.4) is 0 Å². The molecule has 0 saturated heterocycles. The summed E-state index contributed by atoms with van der Waals surface area (Å²) >= 11 is 6.75. The van der Waals surface area contributed by atoms with Crippen LogP contribution in [0.4, 0.5) is 8.78 Å². The van der Waals surface area contributed by atoms with Crippen molar-refractivity contribution in [2.75, 3.05) is 0 Å². The third-order valence-corrected chi connectivity index (χ3v) is 3.85. The Morgan fingerprint density at radius 2 is 2.06 bits per heavy atom. The fraction of sp³-hybridized carbons (Fsp3) is 0.500. The average molecular weight is 269 g/mol. The van der Waals surface area contributed by atoms with Crippen LogP contribution in [0.2, 0.25) is 5.02 Å². The minimum Gasteiger partial charge on any atom is -0.481 e. The summed E-state index contributed by atoms with van der Waals surface area (Å²) in [5.41, 5.74) is -0.284. The van der Waals surface area contributed by atoms with Gasteiger partial charge in [0.15, 0.2) is 0 Å². The molecular formula is C10H11ClF2O2S. The van der Waals surface area contributed by atoms with Crippen LogP contribution in [0.1, 0.15) is 36.6 Å². The lowest BCUT2D eigenvalue weighted by Gasteiger charge is -2.15. The normalized spacial score (nSPS) is 13.4. The van der Waals surface area contributed by atoms with E-state index in [1.807, 2.05) is 0 Å². The van der Waals surface area contributed by atoms with Crippen molar-refractivity contribution in [1.82, 2.24) is 0 Å². The minimum absolute atomic E-state index is 0.110. The highest BCUT2D eigenvalue weighted by Gasteiger charge is 2.30. The molecule has 1 aromatic heterocycles. The monoisotopic (exact) mass is 268 g/mol. The van der Waals surface area contributed by atoms with Crippen molar-refractivity contribution in [3.05, 3.63) is 20.8 Å². The van der Waals surface area contributed by atoms with E-state index in [-0.39, 0.29) is 16.5 Å². The highest BCUT2D eigenvalue weighted by molar-refractivity contribution is 7.11. The maximum Gasteiger partial charge on any atom is 0.312 e. The molecule has 6 heteroatoms. The second kappa shape index (κ2) is 5.10. The van der Waals surface area contributed by atoms with Gasteiger partial charge in [-0.2, -0.15) is 0 Å². The van der Waals surface area contributed by atoms with Gasteiger partial charge in [-0.25, -0.2) is 8.78 Å². The number of aliphatic carboxylic acids is 1. The number of hydrogen-bond acceptors (Lipinski definition) is 2. The number of halogens is 3. The van der Waals surface area contributed by atoms with E-state index in [1.54, 1.807) is 13.8 Å². The summed E-state index contributed by atoms with van der Waals surface area (Å²) in [5.74, 6) is -2.07. The van der Waals surface area contributed by atoms with Crippen LogP contribution >= 0.6 is 22.9 Å². The van der Waals surface area contributed by atoms with E-state index in [4.69, 9.17) is 16.7 Å². The number of thiophene rings is 1. The lowest BCUT2D eigenvalue weighted by Crippen LogP contribution is -2.16. The zero-order valence-electron chi connectivity index (χ0n) is 8.71. The molecule has 2 nitrogen and oxygen atoms in total. The van der Waals surface area contributed by atoms with Crippen LogP contribution in [0, 0.1) is 5.92 Å². The van der Waals surface area contributed by atoms with Crippen molar-refractivity contribution in [3.63, 3.8) is 0 Å². The van der Waals surface area contributed by atoms with Crippen molar-refractivity contribution in [3.8, 4) is 0 Å². The van der Waals surface area contributed by atoms with Crippen molar-refractivity contribution >= 4 is 28.9 Å². The second-order valence-electron chi connectivity index (χ2n) is 3.73. The number of rotatable bonds is 4. The van der Waals surface area contributed by atoms with Gasteiger partial charge in [-0.05, 0) is 5.92 Å². The van der Waals surface area contributed by atoms with E-state index in [0.29, 0.717) is 4.88 Å². The molecule has 0 fully saturated rings. The molecule has 0 aromatic carbocycles. The van der Waals surface area contributed by atoms with E-state index < -0.39 is 18.3 Å². The van der Waals surface area contributed by atoms with Crippen molar-refractivity contribution in [2.45, 2.75) is 26.2 Å². The average Bonchev–Trinajstić information content (AvgIpc) is 2.47. The van der Waals surface area contributed by atoms with Crippen LogP contribution in [-0.2, 0) is 4.79 Å². The van der Waals surface area contributed by atoms with Crippen molar-refractivity contribution < 1.29 is 18.7 Å². The van der Waals surface area contributed by atoms with Crippen LogP contribution in [0.25, 0.3) is 0 Å². The maximum atomic E-state index is 12.5. The molecule has 0 spiro atoms. The molecule has 0 aliphatic carbocycles. The summed E-state index contributed by atoms with van der Waals surface area (Å²) < 4.78 is 25.0. The summed E-state index contributed by atoms with van der Waals surface area (Å²) in [7, 11) is 0. The smallest absolute Gasteiger partial charge is 0.312 e. The second-order valence-corrected chi connectivity index (χ2v) is 5.02. The van der Waals surface area contributed by atoms with Crippen LogP contribution < -0.4 is 0 Å². The number of carbonyl (C=O) groups is 1. The molecule has 0 saturated carbocycles. The number of carboxylic acid groups (broad SMARTS) is 1. The molecule has 1 aromatic rings. The van der Waals surface area contributed by atoms with Gasteiger partial charge in [-0.15, -0.1) is 11.3 Å². The summed E-state index contributed by atoms with van der Waals surface area (Å²) in [4.78, 5) is 11.3. The van der Waals surface area contributed by atoms with Gasteiger partial charge in [0.2, 0.25) is 0 Å². The first-order valence-corrected chi connectivity index (χ1v) is 5.89. The zero-order chi connectivity index (χ0) is 12.5.